The van der Waals surface area contributed by atoms with Crippen molar-refractivity contribution in [2.75, 3.05) is 6.54 Å². The Hall–Kier alpha value is -1.17. The molecule has 0 bridgehead atoms. The molecule has 2 heterocycles. The molecule has 0 amide bonds. The van der Waals surface area contributed by atoms with E-state index < -0.39 is 10.0 Å². The third-order valence-corrected chi connectivity index (χ3v) is 6.31. The van der Waals surface area contributed by atoms with Crippen molar-refractivity contribution in [1.82, 2.24) is 4.31 Å². The highest BCUT2D eigenvalue weighted by molar-refractivity contribution is 7.89. The lowest BCUT2D eigenvalue weighted by Gasteiger charge is -2.26. The summed E-state index contributed by atoms with van der Waals surface area (Å²) < 4.78 is 26.7. The second-order valence-electron chi connectivity index (χ2n) is 4.77. The number of benzene rings is 1. The van der Waals surface area contributed by atoms with Gasteiger partial charge in [-0.25, -0.2) is 8.42 Å². The number of nitrogens with zero attached hydrogens (tertiary/aromatic N) is 1. The zero-order valence-corrected chi connectivity index (χ0v) is 12.3. The molecule has 1 aromatic heterocycles. The number of fused-ring (bicyclic) bond motifs is 1. The van der Waals surface area contributed by atoms with Crippen molar-refractivity contribution in [3.05, 3.63) is 51.7 Å². The van der Waals surface area contributed by atoms with E-state index in [1.54, 1.807) is 27.8 Å². The first-order valence-electron chi connectivity index (χ1n) is 6.19. The predicted octanol–water partition coefficient (Wildman–Crippen LogP) is 2.80. The van der Waals surface area contributed by atoms with Crippen molar-refractivity contribution in [2.24, 2.45) is 0 Å². The number of hydrogen-bond donors (Lipinski definition) is 0. The first-order valence-corrected chi connectivity index (χ1v) is 8.51. The van der Waals surface area contributed by atoms with Crippen LogP contribution in [0.1, 0.15) is 16.0 Å². The zero-order valence-electron chi connectivity index (χ0n) is 10.7. The van der Waals surface area contributed by atoms with Crippen molar-refractivity contribution in [1.29, 1.82) is 0 Å². The van der Waals surface area contributed by atoms with Gasteiger partial charge in [-0.05, 0) is 42.5 Å². The first kappa shape index (κ1) is 12.8. The molecule has 3 nitrogen and oxygen atoms in total. The highest BCUT2D eigenvalue weighted by atomic mass is 32.2. The standard InChI is InChI=1S/C14H15NO2S2/c1-11-2-4-13(5-3-11)19(16,17)15-8-6-14-12(10-15)7-9-18-14/h2-5,7,9H,6,8,10H2,1H3. The first-order chi connectivity index (χ1) is 9.07. The lowest BCUT2D eigenvalue weighted by atomic mass is 10.1. The number of hydrogen-bond acceptors (Lipinski definition) is 3. The van der Waals surface area contributed by atoms with Crippen molar-refractivity contribution in [3.63, 3.8) is 0 Å². The molecule has 2 aromatic rings. The van der Waals surface area contributed by atoms with E-state index in [0.29, 0.717) is 18.0 Å². The molecule has 0 N–H and O–H groups in total. The Balaban J connectivity index is 1.92. The molecule has 1 aromatic carbocycles. The second-order valence-corrected chi connectivity index (χ2v) is 7.71. The monoisotopic (exact) mass is 293 g/mol. The minimum atomic E-state index is -3.36. The Morgan fingerprint density at radius 2 is 1.89 bits per heavy atom. The number of aryl methyl sites for hydroxylation is 1. The molecule has 0 spiro atoms. The van der Waals surface area contributed by atoms with Crippen LogP contribution in [-0.2, 0) is 23.0 Å². The van der Waals surface area contributed by atoms with E-state index >= 15 is 0 Å². The molecule has 5 heteroatoms. The number of sulfonamides is 1. The van der Waals surface area contributed by atoms with Crippen LogP contribution in [0.25, 0.3) is 0 Å². The summed E-state index contributed by atoms with van der Waals surface area (Å²) in [5.74, 6) is 0. The summed E-state index contributed by atoms with van der Waals surface area (Å²) in [6, 6.07) is 9.08. The van der Waals surface area contributed by atoms with Gasteiger partial charge in [0.05, 0.1) is 4.90 Å². The minimum absolute atomic E-state index is 0.386. The fourth-order valence-corrected chi connectivity index (χ4v) is 4.60. The average Bonchev–Trinajstić information content (AvgIpc) is 2.86. The predicted molar refractivity (Wildman–Crippen MR) is 76.8 cm³/mol. The Labute approximate surface area is 117 Å². The molecule has 0 atom stereocenters. The van der Waals surface area contributed by atoms with Gasteiger partial charge in [-0.3, -0.25) is 0 Å². The average molecular weight is 293 g/mol. The molecular formula is C14H15NO2S2. The number of rotatable bonds is 2. The largest absolute Gasteiger partial charge is 0.243 e. The fraction of sp³-hybridized carbons (Fsp3) is 0.286. The van der Waals surface area contributed by atoms with Gasteiger partial charge >= 0.3 is 0 Å². The van der Waals surface area contributed by atoms with Crippen molar-refractivity contribution < 1.29 is 8.42 Å². The van der Waals surface area contributed by atoms with Gasteiger partial charge in [0.1, 0.15) is 0 Å². The van der Waals surface area contributed by atoms with E-state index in [0.717, 1.165) is 17.5 Å². The SMILES string of the molecule is Cc1ccc(S(=O)(=O)N2CCc3sccc3C2)cc1. The fourth-order valence-electron chi connectivity index (χ4n) is 2.29. The molecule has 0 saturated carbocycles. The molecule has 0 aliphatic carbocycles. The molecule has 0 radical (unpaired) electrons. The van der Waals surface area contributed by atoms with Crippen LogP contribution in [0.3, 0.4) is 0 Å². The maximum Gasteiger partial charge on any atom is 0.243 e. The summed E-state index contributed by atoms with van der Waals surface area (Å²) >= 11 is 1.71. The van der Waals surface area contributed by atoms with Crippen LogP contribution >= 0.6 is 11.3 Å². The Kier molecular flexibility index (Phi) is 3.20. The quantitative estimate of drug-likeness (QED) is 0.854. The van der Waals surface area contributed by atoms with Gasteiger partial charge in [-0.2, -0.15) is 4.31 Å². The van der Waals surface area contributed by atoms with E-state index in [1.807, 2.05) is 30.5 Å². The third-order valence-electron chi connectivity index (χ3n) is 3.43. The molecule has 0 fully saturated rings. The van der Waals surface area contributed by atoms with Crippen LogP contribution in [0.4, 0.5) is 0 Å². The lowest BCUT2D eigenvalue weighted by Crippen LogP contribution is -2.35. The van der Waals surface area contributed by atoms with Gasteiger partial charge in [-0.15, -0.1) is 11.3 Å². The van der Waals surface area contributed by atoms with Crippen molar-refractivity contribution in [3.8, 4) is 0 Å². The van der Waals surface area contributed by atoms with E-state index in [-0.39, 0.29) is 0 Å². The maximum atomic E-state index is 12.6. The molecule has 0 saturated heterocycles. The van der Waals surface area contributed by atoms with E-state index in [9.17, 15) is 8.42 Å². The maximum absolute atomic E-state index is 12.6. The second kappa shape index (κ2) is 4.74. The van der Waals surface area contributed by atoms with Gasteiger partial charge in [0.15, 0.2) is 0 Å². The Morgan fingerprint density at radius 3 is 2.63 bits per heavy atom. The molecule has 1 aliphatic rings. The highest BCUT2D eigenvalue weighted by Crippen LogP contribution is 2.28. The van der Waals surface area contributed by atoms with Crippen molar-refractivity contribution in [2.45, 2.75) is 24.8 Å². The summed E-state index contributed by atoms with van der Waals surface area (Å²) in [6.45, 7) is 3.02. The van der Waals surface area contributed by atoms with Gasteiger partial charge in [-0.1, -0.05) is 17.7 Å². The van der Waals surface area contributed by atoms with E-state index in [2.05, 4.69) is 0 Å². The highest BCUT2D eigenvalue weighted by Gasteiger charge is 2.28. The molecule has 19 heavy (non-hydrogen) atoms. The molecule has 1 aliphatic heterocycles. The molecule has 0 unspecified atom stereocenters. The molecular weight excluding hydrogens is 278 g/mol. The Bertz CT molecular complexity index is 686. The summed E-state index contributed by atoms with van der Waals surface area (Å²) in [5.41, 5.74) is 2.21. The summed E-state index contributed by atoms with van der Waals surface area (Å²) in [4.78, 5) is 1.70. The zero-order chi connectivity index (χ0) is 13.5. The normalized spacial score (nSPS) is 16.3. The third kappa shape index (κ3) is 2.33. The van der Waals surface area contributed by atoms with Gasteiger partial charge in [0.25, 0.3) is 0 Å². The summed E-state index contributed by atoms with van der Waals surface area (Å²) in [7, 11) is -3.36. The smallest absolute Gasteiger partial charge is 0.207 e. The molecule has 3 rings (SSSR count). The van der Waals surface area contributed by atoms with Gasteiger partial charge in [0.2, 0.25) is 10.0 Å². The van der Waals surface area contributed by atoms with Crippen LogP contribution in [0.5, 0.6) is 0 Å². The van der Waals surface area contributed by atoms with Crippen LogP contribution < -0.4 is 0 Å². The van der Waals surface area contributed by atoms with E-state index in [4.69, 9.17) is 0 Å². The van der Waals surface area contributed by atoms with Crippen LogP contribution in [0.2, 0.25) is 0 Å². The number of thiophene rings is 1. The van der Waals surface area contributed by atoms with Crippen LogP contribution in [0.15, 0.2) is 40.6 Å². The van der Waals surface area contributed by atoms with Gasteiger partial charge in [0, 0.05) is 18.0 Å². The topological polar surface area (TPSA) is 37.4 Å². The van der Waals surface area contributed by atoms with Gasteiger partial charge < -0.3 is 0 Å². The minimum Gasteiger partial charge on any atom is -0.207 e. The van der Waals surface area contributed by atoms with Crippen molar-refractivity contribution >= 4 is 21.4 Å². The van der Waals surface area contributed by atoms with Crippen LogP contribution in [0, 0.1) is 6.92 Å². The van der Waals surface area contributed by atoms with E-state index in [1.165, 1.54) is 4.88 Å². The summed E-state index contributed by atoms with van der Waals surface area (Å²) in [5, 5.41) is 2.03. The molecule has 100 valence electrons. The Morgan fingerprint density at radius 1 is 1.16 bits per heavy atom. The summed E-state index contributed by atoms with van der Waals surface area (Å²) in [6.07, 6.45) is 0.818. The lowest BCUT2D eigenvalue weighted by molar-refractivity contribution is 0.394. The van der Waals surface area contributed by atoms with Crippen LogP contribution in [-0.4, -0.2) is 19.3 Å².